The summed E-state index contributed by atoms with van der Waals surface area (Å²) in [5.41, 5.74) is 19.6. The number of thiophene rings is 1. The molecule has 2 nitrogen and oxygen atoms in total. The third-order valence-electron chi connectivity index (χ3n) is 14.8. The van der Waals surface area contributed by atoms with Crippen molar-refractivity contribution in [3.8, 4) is 56.0 Å². The molecular weight excluding hydrogens is 867 g/mol. The van der Waals surface area contributed by atoms with E-state index >= 15 is 0 Å². The SMILES string of the molecule is C1=CC(c2ccccc2-c2ccccc2-c2ccccc2N(c2ccc(-c3ccc4sc5ccccc5c4c3)cc2)c2cccc3c2-c2ccccc2C32c3ccccc3Oc3ccccc32)=CCC1. The molecule has 0 fully saturated rings. The lowest BCUT2D eigenvalue weighted by Gasteiger charge is -2.39. The van der Waals surface area contributed by atoms with Crippen molar-refractivity contribution < 1.29 is 4.74 Å². The molecular formula is C67H45NOS. The average Bonchev–Trinajstić information content (AvgIpc) is 3.96. The van der Waals surface area contributed by atoms with Gasteiger partial charge in [0.05, 0.1) is 16.8 Å². The number of para-hydroxylation sites is 3. The first-order valence-corrected chi connectivity index (χ1v) is 25.1. The number of nitrogens with zero attached hydrogens (tertiary/aromatic N) is 1. The van der Waals surface area contributed by atoms with Gasteiger partial charge in [0.15, 0.2) is 0 Å². The standard InChI is InChI=1S/C67H45NOS/c1-2-19-45(20-3-1)48-21-4-5-22-49(48)50-23-6-7-24-51(50)52-25-9-14-32-60(52)68(47-40-37-44(38-41-47)46-39-42-65-55(43-46)53-26-10-17-36-64(53)70-65)61-33-18-31-59-66(61)54-27-8-11-28-56(54)67(59)57-29-12-15-34-62(57)69-63-35-16-13-30-58(63)67/h2,4-43H,1,3H2. The second kappa shape index (κ2) is 16.3. The Morgan fingerprint density at radius 2 is 0.957 bits per heavy atom. The Hall–Kier alpha value is -8.50. The molecule has 0 radical (unpaired) electrons. The summed E-state index contributed by atoms with van der Waals surface area (Å²) in [6.45, 7) is 0. The van der Waals surface area contributed by atoms with Crippen molar-refractivity contribution >= 4 is 54.1 Å². The van der Waals surface area contributed by atoms with Gasteiger partial charge in [-0.15, -0.1) is 11.3 Å². The molecule has 3 aliphatic rings. The summed E-state index contributed by atoms with van der Waals surface area (Å²) in [5.74, 6) is 1.77. The largest absolute Gasteiger partial charge is 0.457 e. The van der Waals surface area contributed by atoms with Gasteiger partial charge in [0.25, 0.3) is 0 Å². The molecule has 14 rings (SSSR count). The zero-order valence-corrected chi connectivity index (χ0v) is 39.2. The highest BCUT2D eigenvalue weighted by atomic mass is 32.1. The minimum Gasteiger partial charge on any atom is -0.457 e. The van der Waals surface area contributed by atoms with Crippen molar-refractivity contribution in [1.29, 1.82) is 0 Å². The fourth-order valence-corrected chi connectivity index (χ4v) is 12.9. The highest BCUT2D eigenvalue weighted by Crippen LogP contribution is 2.64. The van der Waals surface area contributed by atoms with E-state index in [4.69, 9.17) is 4.74 Å². The molecule has 0 N–H and O–H groups in total. The van der Waals surface area contributed by atoms with Crippen LogP contribution in [0.1, 0.15) is 40.7 Å². The lowest BCUT2D eigenvalue weighted by atomic mass is 9.66. The molecule has 1 aromatic heterocycles. The van der Waals surface area contributed by atoms with Crippen molar-refractivity contribution in [2.45, 2.75) is 18.3 Å². The lowest BCUT2D eigenvalue weighted by Crippen LogP contribution is -2.32. The second-order valence-electron chi connectivity index (χ2n) is 18.5. The third kappa shape index (κ3) is 6.18. The number of anilines is 3. The van der Waals surface area contributed by atoms with Crippen LogP contribution in [0.4, 0.5) is 17.1 Å². The second-order valence-corrected chi connectivity index (χ2v) is 19.6. The molecule has 0 atom stereocenters. The molecule has 70 heavy (non-hydrogen) atoms. The smallest absolute Gasteiger partial charge is 0.132 e. The van der Waals surface area contributed by atoms with Crippen molar-refractivity contribution in [3.05, 3.63) is 277 Å². The molecule has 0 bridgehead atoms. The Morgan fingerprint density at radius 1 is 0.400 bits per heavy atom. The summed E-state index contributed by atoms with van der Waals surface area (Å²) in [6, 6.07) is 85.1. The first-order valence-electron chi connectivity index (χ1n) is 24.3. The summed E-state index contributed by atoms with van der Waals surface area (Å²) in [4.78, 5) is 2.52. The van der Waals surface area contributed by atoms with Crippen LogP contribution < -0.4 is 9.64 Å². The predicted octanol–water partition coefficient (Wildman–Crippen LogP) is 18.7. The van der Waals surface area contributed by atoms with Crippen molar-refractivity contribution in [2.75, 3.05) is 4.90 Å². The normalized spacial score (nSPS) is 13.9. The average molecular weight is 912 g/mol. The number of hydrogen-bond acceptors (Lipinski definition) is 3. The highest BCUT2D eigenvalue weighted by molar-refractivity contribution is 7.25. The molecule has 0 saturated carbocycles. The van der Waals surface area contributed by atoms with Crippen LogP contribution in [-0.2, 0) is 5.41 Å². The van der Waals surface area contributed by atoms with E-state index in [1.54, 1.807) is 0 Å². The quantitative estimate of drug-likeness (QED) is 0.158. The number of ether oxygens (including phenoxy) is 1. The van der Waals surface area contributed by atoms with Crippen LogP contribution in [0, 0.1) is 0 Å². The molecule has 1 aliphatic heterocycles. The van der Waals surface area contributed by atoms with Crippen molar-refractivity contribution in [2.24, 2.45) is 0 Å². The number of rotatable bonds is 7. The molecule has 330 valence electrons. The molecule has 3 heteroatoms. The minimum atomic E-state index is -0.606. The van der Waals surface area contributed by atoms with Crippen LogP contribution in [-0.4, -0.2) is 0 Å². The zero-order chi connectivity index (χ0) is 46.2. The Kier molecular flexibility index (Phi) is 9.47. The molecule has 10 aromatic carbocycles. The maximum Gasteiger partial charge on any atom is 0.132 e. The fraction of sp³-hybridized carbons (Fsp3) is 0.0448. The van der Waals surface area contributed by atoms with E-state index in [9.17, 15) is 0 Å². The van der Waals surface area contributed by atoms with Crippen LogP contribution in [0.15, 0.2) is 249 Å². The summed E-state index contributed by atoms with van der Waals surface area (Å²) >= 11 is 1.86. The maximum absolute atomic E-state index is 6.74. The van der Waals surface area contributed by atoms with Gasteiger partial charge < -0.3 is 9.64 Å². The van der Waals surface area contributed by atoms with Crippen molar-refractivity contribution in [3.63, 3.8) is 0 Å². The van der Waals surface area contributed by atoms with Crippen LogP contribution in [0.25, 0.3) is 70.3 Å². The van der Waals surface area contributed by atoms with E-state index in [0.29, 0.717) is 0 Å². The molecule has 2 aliphatic carbocycles. The molecule has 0 saturated heterocycles. The Bertz CT molecular complexity index is 3900. The van der Waals surface area contributed by atoms with Crippen LogP contribution in [0.3, 0.4) is 0 Å². The van der Waals surface area contributed by atoms with Gasteiger partial charge in [-0.3, -0.25) is 0 Å². The number of fused-ring (bicyclic) bond motifs is 12. The van der Waals surface area contributed by atoms with E-state index in [1.165, 1.54) is 81.4 Å². The monoisotopic (exact) mass is 911 g/mol. The summed E-state index contributed by atoms with van der Waals surface area (Å²) < 4.78 is 9.37. The Balaban J connectivity index is 1.01. The summed E-state index contributed by atoms with van der Waals surface area (Å²) in [6.07, 6.45) is 9.11. The van der Waals surface area contributed by atoms with E-state index in [2.05, 4.69) is 254 Å². The summed E-state index contributed by atoms with van der Waals surface area (Å²) in [5, 5.41) is 2.61. The first-order chi connectivity index (χ1) is 34.7. The molecule has 0 amide bonds. The van der Waals surface area contributed by atoms with Crippen molar-refractivity contribution in [1.82, 2.24) is 0 Å². The number of allylic oxidation sites excluding steroid dienone is 4. The molecule has 1 spiro atoms. The first kappa shape index (κ1) is 40.6. The summed E-state index contributed by atoms with van der Waals surface area (Å²) in [7, 11) is 0. The van der Waals surface area contributed by atoms with Crippen LogP contribution >= 0.6 is 11.3 Å². The fourth-order valence-electron chi connectivity index (χ4n) is 11.8. The molecule has 11 aromatic rings. The van der Waals surface area contributed by atoms with Gasteiger partial charge in [-0.05, 0) is 123 Å². The van der Waals surface area contributed by atoms with Gasteiger partial charge >= 0.3 is 0 Å². The molecule has 2 heterocycles. The van der Waals surface area contributed by atoms with E-state index in [-0.39, 0.29) is 0 Å². The van der Waals surface area contributed by atoms with Gasteiger partial charge in [0, 0.05) is 48.1 Å². The zero-order valence-electron chi connectivity index (χ0n) is 38.3. The maximum atomic E-state index is 6.74. The lowest BCUT2D eigenvalue weighted by molar-refractivity contribution is 0.436. The topological polar surface area (TPSA) is 12.5 Å². The van der Waals surface area contributed by atoms with E-state index < -0.39 is 5.41 Å². The minimum absolute atomic E-state index is 0.606. The van der Waals surface area contributed by atoms with Gasteiger partial charge in [-0.1, -0.05) is 194 Å². The van der Waals surface area contributed by atoms with Gasteiger partial charge in [0.2, 0.25) is 0 Å². The van der Waals surface area contributed by atoms with Crippen LogP contribution in [0.5, 0.6) is 11.5 Å². The van der Waals surface area contributed by atoms with E-state index in [1.807, 2.05) is 11.3 Å². The van der Waals surface area contributed by atoms with Gasteiger partial charge in [0.1, 0.15) is 11.5 Å². The number of benzene rings is 10. The van der Waals surface area contributed by atoms with E-state index in [0.717, 1.165) is 58.1 Å². The highest BCUT2D eigenvalue weighted by Gasteiger charge is 2.52. The van der Waals surface area contributed by atoms with Gasteiger partial charge in [-0.2, -0.15) is 0 Å². The Morgan fingerprint density at radius 3 is 1.70 bits per heavy atom. The third-order valence-corrected chi connectivity index (χ3v) is 16.0. The Labute approximate surface area is 412 Å². The predicted molar refractivity (Wildman–Crippen MR) is 294 cm³/mol. The molecule has 0 unspecified atom stereocenters. The van der Waals surface area contributed by atoms with Crippen LogP contribution in [0.2, 0.25) is 0 Å². The van der Waals surface area contributed by atoms with Gasteiger partial charge in [-0.25, -0.2) is 0 Å². The number of hydrogen-bond donors (Lipinski definition) is 0.